The Morgan fingerprint density at radius 2 is 2.09 bits per heavy atom. The molecule has 0 aliphatic rings. The van der Waals surface area contributed by atoms with Gasteiger partial charge in [0.1, 0.15) is 6.42 Å². The summed E-state index contributed by atoms with van der Waals surface area (Å²) in [6.45, 7) is 1.86. The number of H-pyrrole nitrogens is 1. The number of ether oxygens (including phenoxy) is 1. The summed E-state index contributed by atoms with van der Waals surface area (Å²) >= 11 is 0. The van der Waals surface area contributed by atoms with Gasteiger partial charge >= 0.3 is 11.7 Å². The van der Waals surface area contributed by atoms with Crippen LogP contribution in [0.4, 0.5) is 0 Å². The lowest BCUT2D eigenvalue weighted by Crippen LogP contribution is -2.29. The van der Waals surface area contributed by atoms with Crippen molar-refractivity contribution < 1.29 is 9.53 Å². The third kappa shape index (κ3) is 3.16. The number of aromatic amines is 1. The van der Waals surface area contributed by atoms with Crippen molar-refractivity contribution in [1.82, 2.24) is 19.1 Å². The third-order valence-electron chi connectivity index (χ3n) is 3.08. The second-order valence-electron chi connectivity index (χ2n) is 4.49. The van der Waals surface area contributed by atoms with E-state index in [-0.39, 0.29) is 30.0 Å². The van der Waals surface area contributed by atoms with Crippen molar-refractivity contribution in [3.63, 3.8) is 0 Å². The lowest BCUT2D eigenvalue weighted by molar-refractivity contribution is -0.139. The molecular formula is C15H14N4O4. The molecule has 23 heavy (non-hydrogen) atoms. The minimum absolute atomic E-state index is 0.103. The number of aromatic nitrogens is 4. The van der Waals surface area contributed by atoms with Crippen molar-refractivity contribution in [1.29, 1.82) is 0 Å². The van der Waals surface area contributed by atoms with Gasteiger partial charge in [-0.25, -0.2) is 9.78 Å². The van der Waals surface area contributed by atoms with Crippen LogP contribution in [0.2, 0.25) is 0 Å². The van der Waals surface area contributed by atoms with E-state index >= 15 is 0 Å². The molecule has 0 fully saturated rings. The number of nitrogens with one attached hydrogen (secondary N) is 1. The van der Waals surface area contributed by atoms with Gasteiger partial charge in [0, 0.05) is 7.05 Å². The van der Waals surface area contributed by atoms with E-state index in [0.717, 1.165) is 0 Å². The zero-order valence-corrected chi connectivity index (χ0v) is 12.9. The minimum atomic E-state index is -0.567. The van der Waals surface area contributed by atoms with E-state index in [0.29, 0.717) is 0 Å². The minimum Gasteiger partial charge on any atom is -0.468 e. The summed E-state index contributed by atoms with van der Waals surface area (Å²) in [6.07, 6.45) is -0.103. The predicted molar refractivity (Wildman–Crippen MR) is 82.6 cm³/mol. The number of esters is 1. The maximum Gasteiger partial charge on any atom is 0.329 e. The Morgan fingerprint density at radius 1 is 1.35 bits per heavy atom. The van der Waals surface area contributed by atoms with Crippen molar-refractivity contribution in [3.8, 4) is 23.7 Å². The Kier molecular flexibility index (Phi) is 4.67. The van der Waals surface area contributed by atoms with Crippen LogP contribution in [0.25, 0.3) is 11.2 Å². The predicted octanol–water partition coefficient (Wildman–Crippen LogP) is -0.639. The van der Waals surface area contributed by atoms with E-state index in [2.05, 4.69) is 38.4 Å². The molecule has 0 bridgehead atoms. The first kappa shape index (κ1) is 16.1. The van der Waals surface area contributed by atoms with Crippen molar-refractivity contribution in [2.24, 2.45) is 7.05 Å². The quantitative estimate of drug-likeness (QED) is 0.587. The summed E-state index contributed by atoms with van der Waals surface area (Å²) in [7, 11) is 2.76. The lowest BCUT2D eigenvalue weighted by Gasteiger charge is -2.00. The molecule has 0 aromatic carbocycles. The van der Waals surface area contributed by atoms with E-state index in [1.807, 2.05) is 0 Å². The fraction of sp³-hybridized carbons (Fsp3) is 0.333. The summed E-state index contributed by atoms with van der Waals surface area (Å²) in [4.78, 5) is 41.3. The van der Waals surface area contributed by atoms with Gasteiger partial charge in [0.15, 0.2) is 17.0 Å². The number of nitrogens with zero attached hydrogens (tertiary/aromatic N) is 3. The van der Waals surface area contributed by atoms with Crippen LogP contribution in [0.5, 0.6) is 0 Å². The van der Waals surface area contributed by atoms with Crippen LogP contribution in [0, 0.1) is 23.7 Å². The summed E-state index contributed by atoms with van der Waals surface area (Å²) in [5.74, 6) is 10.7. The maximum absolute atomic E-state index is 12.1. The van der Waals surface area contributed by atoms with E-state index in [1.54, 1.807) is 6.92 Å². The Morgan fingerprint density at radius 3 is 2.74 bits per heavy atom. The number of rotatable bonds is 2. The standard InChI is InChI=1S/C15H14N4O4/c1-4-5-9-19-10(7-6-8-11(20)23-3)16-13-12(19)14(21)17-15(22)18(13)2/h8-9H2,1-3H3,(H,17,21,22). The number of imidazole rings is 1. The van der Waals surface area contributed by atoms with Gasteiger partial charge in [0.25, 0.3) is 5.56 Å². The summed E-state index contributed by atoms with van der Waals surface area (Å²) < 4.78 is 7.23. The molecule has 2 rings (SSSR count). The molecule has 0 aliphatic heterocycles. The van der Waals surface area contributed by atoms with Gasteiger partial charge in [0.2, 0.25) is 0 Å². The molecule has 0 saturated carbocycles. The molecule has 2 aromatic heterocycles. The molecular weight excluding hydrogens is 300 g/mol. The zero-order valence-electron chi connectivity index (χ0n) is 12.9. The Balaban J connectivity index is 2.67. The van der Waals surface area contributed by atoms with Gasteiger partial charge in [0.05, 0.1) is 13.7 Å². The highest BCUT2D eigenvalue weighted by atomic mass is 16.5. The second kappa shape index (κ2) is 6.67. The average Bonchev–Trinajstić information content (AvgIpc) is 2.89. The SMILES string of the molecule is CC#CCn1c(C#CCC(=O)OC)nc2c1c(=O)[nH]c(=O)n2C. The van der Waals surface area contributed by atoms with Crippen LogP contribution in [0.3, 0.4) is 0 Å². The molecule has 0 radical (unpaired) electrons. The molecule has 2 aromatic rings. The van der Waals surface area contributed by atoms with Gasteiger partial charge in [-0.3, -0.25) is 23.7 Å². The van der Waals surface area contributed by atoms with E-state index in [1.165, 1.54) is 23.3 Å². The largest absolute Gasteiger partial charge is 0.468 e. The van der Waals surface area contributed by atoms with E-state index in [9.17, 15) is 14.4 Å². The summed E-state index contributed by atoms with van der Waals surface area (Å²) in [5, 5.41) is 0. The smallest absolute Gasteiger partial charge is 0.329 e. The highest BCUT2D eigenvalue weighted by Gasteiger charge is 2.15. The monoisotopic (exact) mass is 314 g/mol. The van der Waals surface area contributed by atoms with E-state index in [4.69, 9.17) is 0 Å². The molecule has 0 spiro atoms. The van der Waals surface area contributed by atoms with Gasteiger partial charge in [-0.2, -0.15) is 0 Å². The van der Waals surface area contributed by atoms with Crippen LogP contribution < -0.4 is 11.2 Å². The first-order chi connectivity index (χ1) is 11.0. The Hall–Kier alpha value is -3.26. The molecule has 0 aliphatic carbocycles. The number of carbonyl (C=O) groups excluding carboxylic acids is 1. The van der Waals surface area contributed by atoms with Crippen LogP contribution in [0.15, 0.2) is 9.59 Å². The Labute approximate surface area is 131 Å². The van der Waals surface area contributed by atoms with Crippen LogP contribution >= 0.6 is 0 Å². The first-order valence-corrected chi connectivity index (χ1v) is 6.64. The van der Waals surface area contributed by atoms with Crippen LogP contribution in [-0.2, 0) is 23.1 Å². The van der Waals surface area contributed by atoms with Gasteiger partial charge in [-0.1, -0.05) is 11.8 Å². The fourth-order valence-corrected chi connectivity index (χ4v) is 1.91. The number of fused-ring (bicyclic) bond motifs is 1. The van der Waals surface area contributed by atoms with Crippen LogP contribution in [-0.4, -0.2) is 32.2 Å². The van der Waals surface area contributed by atoms with Crippen molar-refractivity contribution >= 4 is 17.1 Å². The van der Waals surface area contributed by atoms with E-state index < -0.39 is 17.2 Å². The molecule has 0 amide bonds. The molecule has 118 valence electrons. The zero-order chi connectivity index (χ0) is 17.0. The van der Waals surface area contributed by atoms with Gasteiger partial charge in [-0.05, 0) is 12.8 Å². The van der Waals surface area contributed by atoms with Crippen molar-refractivity contribution in [2.75, 3.05) is 7.11 Å². The summed E-state index contributed by atoms with van der Waals surface area (Å²) in [5.41, 5.74) is -0.714. The molecule has 1 N–H and O–H groups in total. The number of carbonyl (C=O) groups is 1. The molecule has 0 unspecified atom stereocenters. The molecule has 8 heteroatoms. The second-order valence-corrected chi connectivity index (χ2v) is 4.49. The normalized spacial score (nSPS) is 9.70. The van der Waals surface area contributed by atoms with Crippen molar-refractivity contribution in [3.05, 3.63) is 26.7 Å². The number of hydrogen-bond donors (Lipinski definition) is 1. The molecule has 0 atom stereocenters. The van der Waals surface area contributed by atoms with Gasteiger partial charge in [-0.15, -0.1) is 5.92 Å². The number of aryl methyl sites for hydroxylation is 1. The molecule has 2 heterocycles. The van der Waals surface area contributed by atoms with Crippen molar-refractivity contribution in [2.45, 2.75) is 19.9 Å². The maximum atomic E-state index is 12.1. The third-order valence-corrected chi connectivity index (χ3v) is 3.08. The molecule has 8 nitrogen and oxygen atoms in total. The number of methoxy groups -OCH3 is 1. The molecule has 0 saturated heterocycles. The van der Waals surface area contributed by atoms with Crippen LogP contribution in [0.1, 0.15) is 19.2 Å². The van der Waals surface area contributed by atoms with Gasteiger partial charge < -0.3 is 4.74 Å². The summed E-state index contributed by atoms with van der Waals surface area (Å²) in [6, 6.07) is 0. The number of hydrogen-bond acceptors (Lipinski definition) is 5. The lowest BCUT2D eigenvalue weighted by atomic mass is 10.4. The first-order valence-electron chi connectivity index (χ1n) is 6.64. The average molecular weight is 314 g/mol. The highest BCUT2D eigenvalue weighted by Crippen LogP contribution is 2.09. The Bertz CT molecular complexity index is 1000. The fourth-order valence-electron chi connectivity index (χ4n) is 1.91. The topological polar surface area (TPSA) is 99.0 Å². The highest BCUT2D eigenvalue weighted by molar-refractivity contribution is 5.73.